The lowest BCUT2D eigenvalue weighted by atomic mass is 9.99. The van der Waals surface area contributed by atoms with Crippen LogP contribution >= 0.6 is 31.9 Å². The zero-order valence-electron chi connectivity index (χ0n) is 13.5. The highest BCUT2D eigenvalue weighted by atomic mass is 79.9. The Morgan fingerprint density at radius 3 is 2.43 bits per heavy atom. The van der Waals surface area contributed by atoms with Gasteiger partial charge in [0, 0.05) is 16.6 Å². The quantitative estimate of drug-likeness (QED) is 0.630. The molecular formula is C17H25Br2NO. The van der Waals surface area contributed by atoms with Crippen LogP contribution in [0.2, 0.25) is 0 Å². The number of rotatable bonds is 7. The van der Waals surface area contributed by atoms with Gasteiger partial charge in [0.2, 0.25) is 0 Å². The normalized spacial score (nSPS) is 12.3. The van der Waals surface area contributed by atoms with Crippen molar-refractivity contribution in [3.63, 3.8) is 0 Å². The van der Waals surface area contributed by atoms with Gasteiger partial charge in [-0.1, -0.05) is 55.3 Å². The van der Waals surface area contributed by atoms with Gasteiger partial charge >= 0.3 is 0 Å². The first-order valence-corrected chi connectivity index (χ1v) is 8.88. The molecule has 0 radical (unpaired) electrons. The van der Waals surface area contributed by atoms with Gasteiger partial charge < -0.3 is 10.1 Å². The van der Waals surface area contributed by atoms with Crippen molar-refractivity contribution in [2.75, 3.05) is 20.2 Å². The molecule has 0 fully saturated rings. The third-order valence-corrected chi connectivity index (χ3v) is 4.25. The van der Waals surface area contributed by atoms with Gasteiger partial charge in [0.1, 0.15) is 5.75 Å². The number of hydrogen-bond acceptors (Lipinski definition) is 2. The molecule has 0 saturated carbocycles. The fraction of sp³-hybridized carbons (Fsp3) is 0.529. The predicted molar refractivity (Wildman–Crippen MR) is 98.9 cm³/mol. The van der Waals surface area contributed by atoms with Gasteiger partial charge in [-0.25, -0.2) is 0 Å². The molecule has 0 bridgehead atoms. The maximum Gasteiger partial charge on any atom is 0.140 e. The molecule has 0 spiro atoms. The van der Waals surface area contributed by atoms with E-state index in [-0.39, 0.29) is 0 Å². The van der Waals surface area contributed by atoms with Crippen LogP contribution in [0.1, 0.15) is 33.3 Å². The molecule has 0 aromatic heterocycles. The Labute approximate surface area is 145 Å². The molecule has 21 heavy (non-hydrogen) atoms. The van der Waals surface area contributed by atoms with Crippen molar-refractivity contribution in [3.8, 4) is 5.75 Å². The zero-order valence-corrected chi connectivity index (χ0v) is 16.6. The van der Waals surface area contributed by atoms with Crippen molar-refractivity contribution >= 4 is 37.9 Å². The summed E-state index contributed by atoms with van der Waals surface area (Å²) in [5, 5.41) is 3.52. The minimum Gasteiger partial charge on any atom is -0.495 e. The third kappa shape index (κ3) is 6.13. The van der Waals surface area contributed by atoms with Crippen molar-refractivity contribution in [3.05, 3.63) is 32.2 Å². The van der Waals surface area contributed by atoms with Gasteiger partial charge in [0.05, 0.1) is 11.6 Å². The Hall–Kier alpha value is -0.320. The van der Waals surface area contributed by atoms with Crippen LogP contribution in [0.15, 0.2) is 26.7 Å². The monoisotopic (exact) mass is 417 g/mol. The Morgan fingerprint density at radius 1 is 1.24 bits per heavy atom. The van der Waals surface area contributed by atoms with Crippen LogP contribution in [0.5, 0.6) is 5.75 Å². The topological polar surface area (TPSA) is 21.3 Å². The van der Waals surface area contributed by atoms with E-state index in [2.05, 4.69) is 77.0 Å². The van der Waals surface area contributed by atoms with E-state index in [1.54, 1.807) is 7.11 Å². The highest BCUT2D eigenvalue weighted by molar-refractivity contribution is 9.11. The SMILES string of the molecule is COc1c(Br)cc(Br)cc1C=C(CNCC(C)C)C(C)C. The molecule has 1 N–H and O–H groups in total. The first-order chi connectivity index (χ1) is 9.85. The summed E-state index contributed by atoms with van der Waals surface area (Å²) in [6.07, 6.45) is 2.23. The summed E-state index contributed by atoms with van der Waals surface area (Å²) >= 11 is 7.10. The molecular weight excluding hydrogens is 394 g/mol. The van der Waals surface area contributed by atoms with Crippen LogP contribution in [0.3, 0.4) is 0 Å². The Kier molecular flexibility index (Phi) is 7.99. The molecule has 0 heterocycles. The first-order valence-electron chi connectivity index (χ1n) is 7.29. The molecule has 4 heteroatoms. The van der Waals surface area contributed by atoms with Crippen molar-refractivity contribution in [2.24, 2.45) is 11.8 Å². The van der Waals surface area contributed by atoms with Crippen LogP contribution in [0.25, 0.3) is 6.08 Å². The van der Waals surface area contributed by atoms with E-state index in [9.17, 15) is 0 Å². The Morgan fingerprint density at radius 2 is 1.90 bits per heavy atom. The highest BCUT2D eigenvalue weighted by Crippen LogP contribution is 2.34. The van der Waals surface area contributed by atoms with E-state index in [1.807, 2.05) is 6.07 Å². The average molecular weight is 419 g/mol. The molecule has 0 saturated heterocycles. The number of benzene rings is 1. The van der Waals surface area contributed by atoms with Crippen LogP contribution in [-0.4, -0.2) is 20.2 Å². The zero-order chi connectivity index (χ0) is 16.0. The lowest BCUT2D eigenvalue weighted by molar-refractivity contribution is 0.411. The number of hydrogen-bond donors (Lipinski definition) is 1. The van der Waals surface area contributed by atoms with E-state index in [4.69, 9.17) is 4.74 Å². The van der Waals surface area contributed by atoms with Crippen LogP contribution < -0.4 is 10.1 Å². The predicted octanol–water partition coefficient (Wildman–Crippen LogP) is 5.51. The standard InChI is InChI=1S/C17H25Br2NO/c1-11(2)9-20-10-14(12(3)4)6-13-7-15(18)8-16(19)17(13)21-5/h6-8,11-12,20H,9-10H2,1-5H3. The van der Waals surface area contributed by atoms with Crippen molar-refractivity contribution < 1.29 is 4.74 Å². The summed E-state index contributed by atoms with van der Waals surface area (Å²) in [7, 11) is 1.71. The molecule has 1 aromatic rings. The summed E-state index contributed by atoms with van der Waals surface area (Å²) in [4.78, 5) is 0. The fourth-order valence-electron chi connectivity index (χ4n) is 2.03. The maximum absolute atomic E-state index is 5.52. The van der Waals surface area contributed by atoms with E-state index < -0.39 is 0 Å². The smallest absolute Gasteiger partial charge is 0.140 e. The summed E-state index contributed by atoms with van der Waals surface area (Å²) < 4.78 is 7.53. The molecule has 0 amide bonds. The van der Waals surface area contributed by atoms with Gasteiger partial charge in [0.15, 0.2) is 0 Å². The second-order valence-corrected chi connectivity index (χ2v) is 7.68. The lowest BCUT2D eigenvalue weighted by Gasteiger charge is -2.16. The average Bonchev–Trinajstić information content (AvgIpc) is 2.36. The van der Waals surface area contributed by atoms with Gasteiger partial charge in [0.25, 0.3) is 0 Å². The largest absolute Gasteiger partial charge is 0.495 e. The number of methoxy groups -OCH3 is 1. The van der Waals surface area contributed by atoms with E-state index in [0.717, 1.165) is 33.3 Å². The number of halogens is 2. The maximum atomic E-state index is 5.52. The molecule has 1 aromatic carbocycles. The second-order valence-electron chi connectivity index (χ2n) is 5.91. The van der Waals surface area contributed by atoms with Crippen LogP contribution in [0, 0.1) is 11.8 Å². The van der Waals surface area contributed by atoms with E-state index in [0.29, 0.717) is 11.8 Å². The fourth-order valence-corrected chi connectivity index (χ4v) is 3.45. The van der Waals surface area contributed by atoms with Gasteiger partial charge in [-0.3, -0.25) is 0 Å². The molecule has 0 aliphatic heterocycles. The summed E-state index contributed by atoms with van der Waals surface area (Å²) in [6.45, 7) is 10.8. The third-order valence-electron chi connectivity index (χ3n) is 3.21. The molecule has 0 aliphatic rings. The van der Waals surface area contributed by atoms with E-state index in [1.165, 1.54) is 5.57 Å². The first kappa shape index (κ1) is 18.7. The minimum atomic E-state index is 0.493. The van der Waals surface area contributed by atoms with Crippen molar-refractivity contribution in [2.45, 2.75) is 27.7 Å². The number of ether oxygens (including phenoxy) is 1. The molecule has 1 rings (SSSR count). The van der Waals surface area contributed by atoms with Gasteiger partial charge in [-0.15, -0.1) is 0 Å². The van der Waals surface area contributed by atoms with Crippen LogP contribution in [-0.2, 0) is 0 Å². The highest BCUT2D eigenvalue weighted by Gasteiger charge is 2.10. The molecule has 0 unspecified atom stereocenters. The second kappa shape index (κ2) is 8.96. The molecule has 2 nitrogen and oxygen atoms in total. The molecule has 0 atom stereocenters. The summed E-state index contributed by atoms with van der Waals surface area (Å²) in [5.74, 6) is 2.03. The Bertz CT molecular complexity index is 496. The van der Waals surface area contributed by atoms with Gasteiger partial charge in [-0.05, 0) is 46.4 Å². The summed E-state index contributed by atoms with van der Waals surface area (Å²) in [6, 6.07) is 4.09. The molecule has 0 aliphatic carbocycles. The van der Waals surface area contributed by atoms with Crippen LogP contribution in [0.4, 0.5) is 0 Å². The number of nitrogens with one attached hydrogen (secondary N) is 1. The van der Waals surface area contributed by atoms with E-state index >= 15 is 0 Å². The summed E-state index contributed by atoms with van der Waals surface area (Å²) in [5.41, 5.74) is 2.47. The van der Waals surface area contributed by atoms with Gasteiger partial charge in [-0.2, -0.15) is 0 Å². The van der Waals surface area contributed by atoms with Crippen molar-refractivity contribution in [1.82, 2.24) is 5.32 Å². The molecule has 118 valence electrons. The minimum absolute atomic E-state index is 0.493. The lowest BCUT2D eigenvalue weighted by Crippen LogP contribution is -2.23. The van der Waals surface area contributed by atoms with Crippen molar-refractivity contribution in [1.29, 1.82) is 0 Å². The Balaban J connectivity index is 3.04.